The van der Waals surface area contributed by atoms with E-state index in [1.807, 2.05) is 6.92 Å². The molecule has 2 rings (SSSR count). The van der Waals surface area contributed by atoms with Crippen LogP contribution in [0.3, 0.4) is 0 Å². The number of halogens is 3. The third-order valence-electron chi connectivity index (χ3n) is 2.80. The first kappa shape index (κ1) is 15.2. The molecule has 0 aliphatic heterocycles. The second-order valence-corrected chi connectivity index (χ2v) is 5.61. The lowest BCUT2D eigenvalue weighted by Crippen LogP contribution is -2.06. The van der Waals surface area contributed by atoms with Crippen molar-refractivity contribution in [2.45, 2.75) is 20.3 Å². The van der Waals surface area contributed by atoms with Gasteiger partial charge in [0.15, 0.2) is 5.82 Å². The van der Waals surface area contributed by atoms with E-state index >= 15 is 0 Å². The zero-order valence-corrected chi connectivity index (χ0v) is 13.5. The first-order chi connectivity index (χ1) is 9.54. The molecule has 1 heterocycles. The summed E-state index contributed by atoms with van der Waals surface area (Å²) < 4.78 is 14.8. The van der Waals surface area contributed by atoms with Crippen LogP contribution in [0.2, 0.25) is 5.02 Å². The van der Waals surface area contributed by atoms with Crippen LogP contribution in [0.1, 0.15) is 18.9 Å². The van der Waals surface area contributed by atoms with Crippen LogP contribution in [0.4, 0.5) is 10.3 Å². The number of hydrogen-bond donors (Lipinski definition) is 1. The summed E-state index contributed by atoms with van der Waals surface area (Å²) in [6.07, 6.45) is 2.64. The average molecular weight is 359 g/mol. The summed E-state index contributed by atoms with van der Waals surface area (Å²) >= 11 is 9.13. The molecule has 1 aromatic carbocycles. The van der Waals surface area contributed by atoms with Crippen LogP contribution in [-0.2, 0) is 0 Å². The zero-order chi connectivity index (χ0) is 14.7. The smallest absolute Gasteiger partial charge is 0.223 e. The lowest BCUT2D eigenvalue weighted by molar-refractivity contribution is 0.630. The molecule has 1 N–H and O–H groups in total. The van der Waals surface area contributed by atoms with Crippen LogP contribution in [0.5, 0.6) is 0 Å². The van der Waals surface area contributed by atoms with Gasteiger partial charge in [0.05, 0.1) is 10.7 Å². The van der Waals surface area contributed by atoms with Gasteiger partial charge in [0.2, 0.25) is 5.95 Å². The van der Waals surface area contributed by atoms with Gasteiger partial charge in [0, 0.05) is 22.8 Å². The Morgan fingerprint density at radius 1 is 1.40 bits per heavy atom. The highest BCUT2D eigenvalue weighted by atomic mass is 79.9. The average Bonchev–Trinajstić information content (AvgIpc) is 2.45. The monoisotopic (exact) mass is 357 g/mol. The van der Waals surface area contributed by atoms with Crippen LogP contribution < -0.4 is 5.32 Å². The van der Waals surface area contributed by atoms with Crippen molar-refractivity contribution in [2.75, 3.05) is 11.9 Å². The third kappa shape index (κ3) is 3.10. The molecule has 20 heavy (non-hydrogen) atoms. The molecule has 0 unspecified atom stereocenters. The fourth-order valence-corrected chi connectivity index (χ4v) is 2.22. The maximum atomic E-state index is 14.3. The quantitative estimate of drug-likeness (QED) is 0.796. The van der Waals surface area contributed by atoms with Crippen molar-refractivity contribution in [2.24, 2.45) is 0 Å². The second kappa shape index (κ2) is 6.50. The van der Waals surface area contributed by atoms with Crippen LogP contribution in [0, 0.1) is 12.7 Å². The molecule has 3 nitrogen and oxygen atoms in total. The fourth-order valence-electron chi connectivity index (χ4n) is 1.75. The minimum Gasteiger partial charge on any atom is -0.354 e. The molecule has 0 atom stereocenters. The van der Waals surface area contributed by atoms with Crippen molar-refractivity contribution in [3.8, 4) is 11.3 Å². The van der Waals surface area contributed by atoms with Gasteiger partial charge in [-0.05, 0) is 47.0 Å². The molecule has 2 aromatic rings. The molecular formula is C14H14BrClFN3. The summed E-state index contributed by atoms with van der Waals surface area (Å²) in [6.45, 7) is 4.66. The van der Waals surface area contributed by atoms with Crippen molar-refractivity contribution in [3.63, 3.8) is 0 Å². The van der Waals surface area contributed by atoms with Crippen molar-refractivity contribution >= 4 is 33.5 Å². The topological polar surface area (TPSA) is 37.8 Å². The highest BCUT2D eigenvalue weighted by Crippen LogP contribution is 2.33. The largest absolute Gasteiger partial charge is 0.354 e. The Morgan fingerprint density at radius 3 is 2.85 bits per heavy atom. The Kier molecular flexibility index (Phi) is 4.94. The van der Waals surface area contributed by atoms with Gasteiger partial charge in [-0.15, -0.1) is 0 Å². The SMILES string of the molecule is CCCNc1ncc(C)c(-c2ccc(Br)c(Cl)c2F)n1. The maximum absolute atomic E-state index is 14.3. The number of aromatic nitrogens is 2. The van der Waals surface area contributed by atoms with Gasteiger partial charge in [0.25, 0.3) is 0 Å². The Morgan fingerprint density at radius 2 is 2.15 bits per heavy atom. The molecule has 0 fully saturated rings. The first-order valence-corrected chi connectivity index (χ1v) is 7.43. The van der Waals surface area contributed by atoms with Crippen molar-refractivity contribution in [1.82, 2.24) is 9.97 Å². The molecule has 0 saturated heterocycles. The Hall–Kier alpha value is -1.20. The predicted octanol–water partition coefficient (Wildman–Crippen LogP) is 4.83. The van der Waals surface area contributed by atoms with Crippen LogP contribution in [0.15, 0.2) is 22.8 Å². The molecule has 0 aliphatic rings. The molecule has 1 aromatic heterocycles. The van der Waals surface area contributed by atoms with Gasteiger partial charge in [0.1, 0.15) is 0 Å². The van der Waals surface area contributed by atoms with Crippen LogP contribution in [0.25, 0.3) is 11.3 Å². The molecule has 0 saturated carbocycles. The van der Waals surface area contributed by atoms with Crippen LogP contribution >= 0.6 is 27.5 Å². The molecule has 0 spiro atoms. The molecule has 0 bridgehead atoms. The summed E-state index contributed by atoms with van der Waals surface area (Å²) in [4.78, 5) is 8.56. The van der Waals surface area contributed by atoms with E-state index < -0.39 is 5.82 Å². The van der Waals surface area contributed by atoms with E-state index in [9.17, 15) is 4.39 Å². The van der Waals surface area contributed by atoms with Gasteiger partial charge in [-0.25, -0.2) is 14.4 Å². The highest BCUT2D eigenvalue weighted by Gasteiger charge is 2.15. The minimum atomic E-state index is -0.482. The summed E-state index contributed by atoms with van der Waals surface area (Å²) in [6, 6.07) is 3.37. The first-order valence-electron chi connectivity index (χ1n) is 6.26. The normalized spacial score (nSPS) is 10.7. The van der Waals surface area contributed by atoms with E-state index in [1.54, 1.807) is 18.3 Å². The lowest BCUT2D eigenvalue weighted by Gasteiger charge is -2.10. The van der Waals surface area contributed by atoms with Crippen molar-refractivity contribution in [1.29, 1.82) is 0 Å². The Bertz CT molecular complexity index is 634. The lowest BCUT2D eigenvalue weighted by atomic mass is 10.1. The second-order valence-electron chi connectivity index (χ2n) is 4.37. The van der Waals surface area contributed by atoms with E-state index in [1.165, 1.54) is 0 Å². The summed E-state index contributed by atoms with van der Waals surface area (Å²) in [5.41, 5.74) is 1.72. The third-order valence-corrected chi connectivity index (χ3v) is 4.05. The van der Waals surface area contributed by atoms with E-state index in [-0.39, 0.29) is 5.02 Å². The van der Waals surface area contributed by atoms with E-state index in [0.29, 0.717) is 21.7 Å². The van der Waals surface area contributed by atoms with Gasteiger partial charge in [-0.2, -0.15) is 0 Å². The Balaban J connectivity index is 2.49. The van der Waals surface area contributed by atoms with Gasteiger partial charge in [-0.3, -0.25) is 0 Å². The predicted molar refractivity (Wildman–Crippen MR) is 83.7 cm³/mol. The minimum absolute atomic E-state index is 0.0589. The molecule has 6 heteroatoms. The number of anilines is 1. The van der Waals surface area contributed by atoms with Gasteiger partial charge >= 0.3 is 0 Å². The standard InChI is InChI=1S/C14H14BrClFN3/c1-3-6-18-14-19-7-8(2)13(20-14)9-4-5-10(15)11(16)12(9)17/h4-5,7H,3,6H2,1-2H3,(H,18,19,20). The fraction of sp³-hybridized carbons (Fsp3) is 0.286. The van der Waals surface area contributed by atoms with E-state index in [2.05, 4.69) is 38.1 Å². The zero-order valence-electron chi connectivity index (χ0n) is 11.2. The van der Waals surface area contributed by atoms with E-state index in [4.69, 9.17) is 11.6 Å². The summed E-state index contributed by atoms with van der Waals surface area (Å²) in [7, 11) is 0. The number of hydrogen-bond acceptors (Lipinski definition) is 3. The number of benzene rings is 1. The molecule has 106 valence electrons. The molecule has 0 radical (unpaired) electrons. The molecule has 0 amide bonds. The summed E-state index contributed by atoms with van der Waals surface area (Å²) in [5.74, 6) is 0.00942. The van der Waals surface area contributed by atoms with Gasteiger partial charge in [-0.1, -0.05) is 18.5 Å². The molecular weight excluding hydrogens is 345 g/mol. The number of nitrogens with zero attached hydrogens (tertiary/aromatic N) is 2. The summed E-state index contributed by atoms with van der Waals surface area (Å²) in [5, 5.41) is 3.15. The van der Waals surface area contributed by atoms with E-state index in [0.717, 1.165) is 18.5 Å². The van der Waals surface area contributed by atoms with Crippen molar-refractivity contribution < 1.29 is 4.39 Å². The Labute approximate surface area is 130 Å². The number of rotatable bonds is 4. The number of aryl methyl sites for hydroxylation is 1. The van der Waals surface area contributed by atoms with Crippen molar-refractivity contribution in [3.05, 3.63) is 39.2 Å². The van der Waals surface area contributed by atoms with Gasteiger partial charge < -0.3 is 5.32 Å². The molecule has 0 aliphatic carbocycles. The van der Waals surface area contributed by atoms with Crippen LogP contribution in [-0.4, -0.2) is 16.5 Å². The number of nitrogens with one attached hydrogen (secondary N) is 1. The maximum Gasteiger partial charge on any atom is 0.223 e. The highest BCUT2D eigenvalue weighted by molar-refractivity contribution is 9.10.